The molecule has 0 bridgehead atoms. The molecule has 1 amide bonds. The Morgan fingerprint density at radius 2 is 2.33 bits per heavy atom. The maximum atomic E-state index is 11.4. The second-order valence-electron chi connectivity index (χ2n) is 2.83. The number of rotatable bonds is 4. The highest BCUT2D eigenvalue weighted by molar-refractivity contribution is 5.95. The van der Waals surface area contributed by atoms with Crippen LogP contribution in [-0.2, 0) is 9.53 Å². The van der Waals surface area contributed by atoms with Crippen molar-refractivity contribution < 1.29 is 14.3 Å². The van der Waals surface area contributed by atoms with E-state index in [1.54, 1.807) is 6.92 Å². The van der Waals surface area contributed by atoms with Crippen molar-refractivity contribution in [1.82, 2.24) is 10.3 Å². The summed E-state index contributed by atoms with van der Waals surface area (Å²) in [6, 6.07) is 1.49. The third-order valence-corrected chi connectivity index (χ3v) is 1.65. The Bertz CT molecular complexity index is 359. The summed E-state index contributed by atoms with van der Waals surface area (Å²) in [6.07, 6.45) is 1.50. The van der Waals surface area contributed by atoms with Gasteiger partial charge >= 0.3 is 5.97 Å². The summed E-state index contributed by atoms with van der Waals surface area (Å²) in [6.45, 7) is 1.85. The van der Waals surface area contributed by atoms with E-state index >= 15 is 0 Å². The monoisotopic (exact) mass is 211 g/mol. The lowest BCUT2D eigenvalue weighted by atomic mass is 10.4. The quantitative estimate of drug-likeness (QED) is 0.605. The second-order valence-corrected chi connectivity index (χ2v) is 2.83. The molecule has 4 N–H and O–H groups in total. The molecule has 6 heteroatoms. The van der Waals surface area contributed by atoms with Gasteiger partial charge in [0.15, 0.2) is 0 Å². The molecule has 0 atom stereocenters. The summed E-state index contributed by atoms with van der Waals surface area (Å²) in [7, 11) is 0. The van der Waals surface area contributed by atoms with Crippen molar-refractivity contribution in [3.05, 3.63) is 18.0 Å². The predicted octanol–water partition coefficient (Wildman–Crippen LogP) is -0.110. The molecule has 1 aromatic rings. The normalized spacial score (nSPS) is 9.67. The van der Waals surface area contributed by atoms with Crippen LogP contribution in [0.4, 0.5) is 5.69 Å². The minimum absolute atomic E-state index is 0.147. The van der Waals surface area contributed by atoms with Crippen molar-refractivity contribution in [2.75, 3.05) is 18.9 Å². The summed E-state index contributed by atoms with van der Waals surface area (Å²) < 4.78 is 4.64. The van der Waals surface area contributed by atoms with Gasteiger partial charge in [-0.15, -0.1) is 0 Å². The Labute approximate surface area is 86.8 Å². The van der Waals surface area contributed by atoms with Crippen molar-refractivity contribution >= 4 is 17.6 Å². The third-order valence-electron chi connectivity index (χ3n) is 1.65. The van der Waals surface area contributed by atoms with E-state index in [1.165, 1.54) is 12.3 Å². The summed E-state index contributed by atoms with van der Waals surface area (Å²) in [5.41, 5.74) is 6.20. The Balaban J connectivity index is 2.40. The van der Waals surface area contributed by atoms with Gasteiger partial charge in [-0.2, -0.15) is 0 Å². The van der Waals surface area contributed by atoms with E-state index in [1.807, 2.05) is 0 Å². The zero-order chi connectivity index (χ0) is 11.3. The Morgan fingerprint density at radius 3 is 2.87 bits per heavy atom. The summed E-state index contributed by atoms with van der Waals surface area (Å²) >= 11 is 0. The SMILES string of the molecule is CCOC(=O)CNC(=O)c1cc(N)c[nH]1. The van der Waals surface area contributed by atoms with E-state index in [2.05, 4.69) is 15.0 Å². The molecule has 1 rings (SSSR count). The molecule has 0 aliphatic carbocycles. The molecule has 6 nitrogen and oxygen atoms in total. The average Bonchev–Trinajstić information content (AvgIpc) is 2.62. The van der Waals surface area contributed by atoms with Crippen molar-refractivity contribution in [2.24, 2.45) is 0 Å². The number of ether oxygens (including phenoxy) is 1. The number of nitrogen functional groups attached to an aromatic ring is 1. The van der Waals surface area contributed by atoms with E-state index in [9.17, 15) is 9.59 Å². The van der Waals surface area contributed by atoms with Crippen LogP contribution in [0.2, 0.25) is 0 Å². The first kappa shape index (κ1) is 11.1. The van der Waals surface area contributed by atoms with E-state index in [0.29, 0.717) is 18.0 Å². The summed E-state index contributed by atoms with van der Waals surface area (Å²) in [4.78, 5) is 24.9. The number of aromatic amines is 1. The number of esters is 1. The van der Waals surface area contributed by atoms with Gasteiger partial charge in [0.2, 0.25) is 0 Å². The van der Waals surface area contributed by atoms with Gasteiger partial charge in [-0.3, -0.25) is 9.59 Å². The molecule has 1 aromatic heterocycles. The number of H-pyrrole nitrogens is 1. The fourth-order valence-corrected chi connectivity index (χ4v) is 1.00. The van der Waals surface area contributed by atoms with Crippen molar-refractivity contribution in [3.63, 3.8) is 0 Å². The van der Waals surface area contributed by atoms with Crippen molar-refractivity contribution in [3.8, 4) is 0 Å². The van der Waals surface area contributed by atoms with Gasteiger partial charge in [0.05, 0.1) is 6.61 Å². The van der Waals surface area contributed by atoms with Gasteiger partial charge in [-0.25, -0.2) is 0 Å². The lowest BCUT2D eigenvalue weighted by Gasteiger charge is -2.02. The van der Waals surface area contributed by atoms with Crippen LogP contribution in [0.1, 0.15) is 17.4 Å². The van der Waals surface area contributed by atoms with Crippen LogP contribution in [0.15, 0.2) is 12.3 Å². The molecular weight excluding hydrogens is 198 g/mol. The maximum absolute atomic E-state index is 11.4. The molecule has 0 radical (unpaired) electrons. The van der Waals surface area contributed by atoms with Gasteiger partial charge in [0.1, 0.15) is 12.2 Å². The number of nitrogens with two attached hydrogens (primary N) is 1. The number of carbonyl (C=O) groups excluding carboxylic acids is 2. The van der Waals surface area contributed by atoms with Crippen LogP contribution in [0.25, 0.3) is 0 Å². The Hall–Kier alpha value is -1.98. The molecule has 0 unspecified atom stereocenters. The summed E-state index contributed by atoms with van der Waals surface area (Å²) in [5.74, 6) is -0.856. The number of aromatic nitrogens is 1. The van der Waals surface area contributed by atoms with Gasteiger partial charge < -0.3 is 20.8 Å². The first-order valence-corrected chi connectivity index (χ1v) is 4.51. The smallest absolute Gasteiger partial charge is 0.325 e. The van der Waals surface area contributed by atoms with E-state index in [4.69, 9.17) is 5.73 Å². The van der Waals surface area contributed by atoms with Crippen LogP contribution >= 0.6 is 0 Å². The van der Waals surface area contributed by atoms with E-state index in [0.717, 1.165) is 0 Å². The first-order valence-electron chi connectivity index (χ1n) is 4.51. The Kier molecular flexibility index (Phi) is 3.73. The van der Waals surface area contributed by atoms with Gasteiger partial charge in [-0.1, -0.05) is 0 Å². The molecule has 0 saturated carbocycles. The zero-order valence-corrected chi connectivity index (χ0v) is 8.37. The van der Waals surface area contributed by atoms with Crippen LogP contribution in [-0.4, -0.2) is 30.0 Å². The van der Waals surface area contributed by atoms with Crippen molar-refractivity contribution in [1.29, 1.82) is 0 Å². The minimum Gasteiger partial charge on any atom is -0.465 e. The highest BCUT2D eigenvalue weighted by Crippen LogP contribution is 2.03. The number of hydrogen-bond acceptors (Lipinski definition) is 4. The number of nitrogens with one attached hydrogen (secondary N) is 2. The van der Waals surface area contributed by atoms with E-state index < -0.39 is 5.97 Å². The summed E-state index contributed by atoms with van der Waals surface area (Å²) in [5, 5.41) is 2.40. The highest BCUT2D eigenvalue weighted by Gasteiger charge is 2.09. The fraction of sp³-hybridized carbons (Fsp3) is 0.333. The second kappa shape index (κ2) is 5.04. The zero-order valence-electron chi connectivity index (χ0n) is 8.37. The molecule has 0 fully saturated rings. The van der Waals surface area contributed by atoms with Crippen LogP contribution in [0, 0.1) is 0 Å². The molecule has 1 heterocycles. The average molecular weight is 211 g/mol. The fourth-order valence-electron chi connectivity index (χ4n) is 1.00. The third kappa shape index (κ3) is 3.34. The van der Waals surface area contributed by atoms with Gasteiger partial charge in [0.25, 0.3) is 5.91 Å². The molecule has 0 spiro atoms. The highest BCUT2D eigenvalue weighted by atomic mass is 16.5. The molecule has 82 valence electrons. The number of amides is 1. The van der Waals surface area contributed by atoms with Crippen LogP contribution in [0.3, 0.4) is 0 Å². The van der Waals surface area contributed by atoms with Crippen LogP contribution in [0.5, 0.6) is 0 Å². The number of carbonyl (C=O) groups is 2. The van der Waals surface area contributed by atoms with E-state index in [-0.39, 0.29) is 12.5 Å². The Morgan fingerprint density at radius 1 is 1.60 bits per heavy atom. The predicted molar refractivity (Wildman–Crippen MR) is 54.2 cm³/mol. The standard InChI is InChI=1S/C9H13N3O3/c1-2-15-8(13)5-12-9(14)7-3-6(10)4-11-7/h3-4,11H,2,5,10H2,1H3,(H,12,14). The lowest BCUT2D eigenvalue weighted by Crippen LogP contribution is -2.30. The first-order chi connectivity index (χ1) is 7.13. The topological polar surface area (TPSA) is 97.2 Å². The van der Waals surface area contributed by atoms with Gasteiger partial charge in [0, 0.05) is 11.9 Å². The molecule has 15 heavy (non-hydrogen) atoms. The lowest BCUT2D eigenvalue weighted by molar-refractivity contribution is -0.141. The molecule has 0 saturated heterocycles. The molecule has 0 aromatic carbocycles. The number of anilines is 1. The van der Waals surface area contributed by atoms with Gasteiger partial charge in [-0.05, 0) is 13.0 Å². The van der Waals surface area contributed by atoms with Crippen LogP contribution < -0.4 is 11.1 Å². The maximum Gasteiger partial charge on any atom is 0.325 e. The molecule has 0 aliphatic rings. The molecular formula is C9H13N3O3. The largest absolute Gasteiger partial charge is 0.465 e. The minimum atomic E-state index is -0.467. The van der Waals surface area contributed by atoms with Crippen molar-refractivity contribution in [2.45, 2.75) is 6.92 Å². The molecule has 0 aliphatic heterocycles. The number of hydrogen-bond donors (Lipinski definition) is 3.